The van der Waals surface area contributed by atoms with Crippen molar-refractivity contribution in [3.8, 4) is 0 Å². The summed E-state index contributed by atoms with van der Waals surface area (Å²) in [7, 11) is 0. The maximum Gasteiger partial charge on any atom is 0.255 e. The molecule has 0 saturated carbocycles. The van der Waals surface area contributed by atoms with Crippen LogP contribution in [0.5, 0.6) is 0 Å². The van der Waals surface area contributed by atoms with Crippen molar-refractivity contribution in [2.24, 2.45) is 0 Å². The smallest absolute Gasteiger partial charge is 0.255 e. The molecule has 8 nitrogen and oxygen atoms in total. The summed E-state index contributed by atoms with van der Waals surface area (Å²) in [5.41, 5.74) is 0.465. The van der Waals surface area contributed by atoms with Crippen molar-refractivity contribution in [3.63, 3.8) is 0 Å². The molecule has 2 fully saturated rings. The normalized spacial score (nSPS) is 19.0. The zero-order valence-electron chi connectivity index (χ0n) is 13.4. The maximum absolute atomic E-state index is 12.5. The van der Waals surface area contributed by atoms with Gasteiger partial charge < -0.3 is 19.3 Å². The van der Waals surface area contributed by atoms with E-state index in [9.17, 15) is 9.59 Å². The van der Waals surface area contributed by atoms with Gasteiger partial charge in [-0.25, -0.2) is 4.98 Å². The van der Waals surface area contributed by atoms with E-state index in [1.807, 2.05) is 4.90 Å². The molecular formula is C15H22N4O4. The van der Waals surface area contributed by atoms with Crippen LogP contribution in [0.3, 0.4) is 0 Å². The number of carbonyl (C=O) groups is 1. The molecular weight excluding hydrogens is 300 g/mol. The first-order chi connectivity index (χ1) is 11.1. The summed E-state index contributed by atoms with van der Waals surface area (Å²) in [6, 6.07) is 1.47. The Balaban J connectivity index is 1.84. The summed E-state index contributed by atoms with van der Waals surface area (Å²) >= 11 is 0. The van der Waals surface area contributed by atoms with Crippen LogP contribution in [0.2, 0.25) is 0 Å². The Morgan fingerprint density at radius 2 is 1.74 bits per heavy atom. The van der Waals surface area contributed by atoms with Crippen LogP contribution in [0.1, 0.15) is 5.69 Å². The second kappa shape index (κ2) is 7.10. The Morgan fingerprint density at radius 1 is 1.13 bits per heavy atom. The fourth-order valence-corrected chi connectivity index (χ4v) is 2.81. The molecule has 0 aliphatic carbocycles. The fourth-order valence-electron chi connectivity index (χ4n) is 2.81. The van der Waals surface area contributed by atoms with Crippen LogP contribution < -0.4 is 10.5 Å². The Kier molecular flexibility index (Phi) is 4.92. The first kappa shape index (κ1) is 15.9. The first-order valence-electron chi connectivity index (χ1n) is 7.92. The van der Waals surface area contributed by atoms with E-state index in [0.717, 1.165) is 0 Å². The number of nitrogens with zero attached hydrogens (tertiary/aromatic N) is 4. The largest absolute Gasteiger partial charge is 0.378 e. The molecule has 2 aliphatic heterocycles. The number of hydrogen-bond donors (Lipinski definition) is 0. The monoisotopic (exact) mass is 322 g/mol. The van der Waals surface area contributed by atoms with Gasteiger partial charge in [-0.15, -0.1) is 0 Å². The highest BCUT2D eigenvalue weighted by Gasteiger charge is 2.22. The fraction of sp³-hybridized carbons (Fsp3) is 0.667. The number of aromatic nitrogens is 2. The molecule has 0 unspecified atom stereocenters. The molecule has 1 aromatic rings. The lowest BCUT2D eigenvalue weighted by Crippen LogP contribution is -2.45. The highest BCUT2D eigenvalue weighted by molar-refractivity contribution is 5.76. The van der Waals surface area contributed by atoms with Gasteiger partial charge in [-0.2, -0.15) is 0 Å². The van der Waals surface area contributed by atoms with Crippen molar-refractivity contribution in [1.82, 2.24) is 14.5 Å². The van der Waals surface area contributed by atoms with Gasteiger partial charge in [0.2, 0.25) is 11.9 Å². The van der Waals surface area contributed by atoms with Gasteiger partial charge in [-0.1, -0.05) is 0 Å². The van der Waals surface area contributed by atoms with Gasteiger partial charge in [0.05, 0.1) is 26.4 Å². The Morgan fingerprint density at radius 3 is 2.39 bits per heavy atom. The number of morpholine rings is 2. The van der Waals surface area contributed by atoms with Gasteiger partial charge in [0, 0.05) is 37.9 Å². The number of aryl methyl sites for hydroxylation is 1. The molecule has 8 heteroatoms. The summed E-state index contributed by atoms with van der Waals surface area (Å²) in [6.45, 7) is 6.57. The number of hydrogen-bond acceptors (Lipinski definition) is 6. The van der Waals surface area contributed by atoms with E-state index in [2.05, 4.69) is 4.98 Å². The van der Waals surface area contributed by atoms with Crippen molar-refractivity contribution in [2.45, 2.75) is 13.5 Å². The van der Waals surface area contributed by atoms with Crippen molar-refractivity contribution in [3.05, 3.63) is 22.1 Å². The van der Waals surface area contributed by atoms with Crippen LogP contribution in [0.4, 0.5) is 5.95 Å². The number of amides is 1. The minimum Gasteiger partial charge on any atom is -0.378 e. The van der Waals surface area contributed by atoms with E-state index in [1.165, 1.54) is 10.6 Å². The second-order valence-corrected chi connectivity index (χ2v) is 5.71. The van der Waals surface area contributed by atoms with E-state index < -0.39 is 0 Å². The van der Waals surface area contributed by atoms with Gasteiger partial charge >= 0.3 is 0 Å². The molecule has 3 heterocycles. The summed E-state index contributed by atoms with van der Waals surface area (Å²) in [5, 5.41) is 0. The number of carbonyl (C=O) groups excluding carboxylic acids is 1. The average Bonchev–Trinajstić information content (AvgIpc) is 2.58. The lowest BCUT2D eigenvalue weighted by Gasteiger charge is -2.31. The van der Waals surface area contributed by atoms with E-state index in [0.29, 0.717) is 64.2 Å². The molecule has 0 spiro atoms. The van der Waals surface area contributed by atoms with E-state index >= 15 is 0 Å². The number of ether oxygens (including phenoxy) is 2. The minimum absolute atomic E-state index is 0.0127. The highest BCUT2D eigenvalue weighted by Crippen LogP contribution is 2.12. The van der Waals surface area contributed by atoms with Crippen molar-refractivity contribution < 1.29 is 14.3 Å². The third-order valence-electron chi connectivity index (χ3n) is 4.07. The Labute approximate surface area is 134 Å². The van der Waals surface area contributed by atoms with Gasteiger partial charge in [0.15, 0.2) is 0 Å². The molecule has 2 saturated heterocycles. The summed E-state index contributed by atoms with van der Waals surface area (Å²) in [5.74, 6) is 0.482. The number of rotatable bonds is 3. The average molecular weight is 322 g/mol. The molecule has 0 bridgehead atoms. The van der Waals surface area contributed by atoms with E-state index in [-0.39, 0.29) is 18.0 Å². The molecule has 1 aromatic heterocycles. The van der Waals surface area contributed by atoms with Crippen molar-refractivity contribution in [2.75, 3.05) is 57.5 Å². The molecule has 1 amide bonds. The first-order valence-corrected chi connectivity index (χ1v) is 7.92. The van der Waals surface area contributed by atoms with Gasteiger partial charge in [-0.05, 0) is 6.92 Å². The third-order valence-corrected chi connectivity index (χ3v) is 4.07. The van der Waals surface area contributed by atoms with Crippen LogP contribution >= 0.6 is 0 Å². The zero-order valence-corrected chi connectivity index (χ0v) is 13.4. The van der Waals surface area contributed by atoms with Crippen molar-refractivity contribution in [1.29, 1.82) is 0 Å². The molecule has 126 valence electrons. The van der Waals surface area contributed by atoms with E-state index in [1.54, 1.807) is 11.8 Å². The van der Waals surface area contributed by atoms with Gasteiger partial charge in [0.25, 0.3) is 5.56 Å². The SMILES string of the molecule is Cc1cc(=O)n(CC(=O)N2CCOCC2)c(N2CCOCC2)n1. The highest BCUT2D eigenvalue weighted by atomic mass is 16.5. The molecule has 0 aromatic carbocycles. The molecule has 0 N–H and O–H groups in total. The second-order valence-electron chi connectivity index (χ2n) is 5.71. The quantitative estimate of drug-likeness (QED) is 0.729. The van der Waals surface area contributed by atoms with Crippen molar-refractivity contribution >= 4 is 11.9 Å². The predicted molar refractivity (Wildman–Crippen MR) is 83.7 cm³/mol. The minimum atomic E-state index is -0.194. The van der Waals surface area contributed by atoms with Crippen LogP contribution in [-0.4, -0.2) is 73.0 Å². The van der Waals surface area contributed by atoms with E-state index in [4.69, 9.17) is 9.47 Å². The van der Waals surface area contributed by atoms with Gasteiger partial charge in [-0.3, -0.25) is 14.2 Å². The molecule has 0 radical (unpaired) electrons. The van der Waals surface area contributed by atoms with Crippen LogP contribution in [0.15, 0.2) is 10.9 Å². The molecule has 23 heavy (non-hydrogen) atoms. The maximum atomic E-state index is 12.5. The summed E-state index contributed by atoms with van der Waals surface area (Å²) < 4.78 is 12.1. The summed E-state index contributed by atoms with van der Waals surface area (Å²) in [4.78, 5) is 33.1. The molecule has 2 aliphatic rings. The third kappa shape index (κ3) is 3.70. The standard InChI is InChI=1S/C15H22N4O4/c1-12-10-13(20)19(11-14(21)17-2-6-22-7-3-17)15(16-12)18-4-8-23-9-5-18/h10H,2-9,11H2,1H3. The predicted octanol–water partition coefficient (Wildman–Crippen LogP) is -0.753. The van der Waals surface area contributed by atoms with Gasteiger partial charge in [0.1, 0.15) is 6.54 Å². The van der Waals surface area contributed by atoms with Crippen LogP contribution in [0.25, 0.3) is 0 Å². The Bertz CT molecular complexity index is 618. The lowest BCUT2D eigenvalue weighted by atomic mass is 10.3. The molecule has 0 atom stereocenters. The van der Waals surface area contributed by atoms with Crippen LogP contribution in [-0.2, 0) is 20.8 Å². The topological polar surface area (TPSA) is 76.9 Å². The lowest BCUT2D eigenvalue weighted by molar-refractivity contribution is -0.135. The summed E-state index contributed by atoms with van der Waals surface area (Å²) in [6.07, 6.45) is 0. The zero-order chi connectivity index (χ0) is 16.2. The number of anilines is 1. The Hall–Kier alpha value is -1.93. The molecule has 3 rings (SSSR count). The van der Waals surface area contributed by atoms with Crippen LogP contribution in [0, 0.1) is 6.92 Å².